The quantitative estimate of drug-likeness (QED) is 0.300. The van der Waals surface area contributed by atoms with Crippen LogP contribution in [0.25, 0.3) is 0 Å². The molecule has 0 saturated heterocycles. The smallest absolute Gasteiger partial charge is 0.305 e. The van der Waals surface area contributed by atoms with Crippen LogP contribution in [0, 0.1) is 0 Å². The van der Waals surface area contributed by atoms with Crippen molar-refractivity contribution in [1.82, 2.24) is 5.32 Å². The van der Waals surface area contributed by atoms with E-state index in [9.17, 15) is 9.59 Å². The summed E-state index contributed by atoms with van der Waals surface area (Å²) in [6, 6.07) is 0. The molecule has 142 valence electrons. The molecular formula is C16H31NO6S. The highest BCUT2D eigenvalue weighted by Gasteiger charge is 2.07. The standard InChI is InChI=1S/C16H31NO6S/c1-3-4-13-24-14(2)17-15(18)5-7-21-9-11-23-12-10-22-8-6-16(19)20/h14H,3-13H2,1-2H3,(H,17,18)(H,19,20). The molecule has 0 aromatic carbocycles. The molecule has 0 rings (SSSR count). The maximum atomic E-state index is 11.7. The first-order chi connectivity index (χ1) is 11.6. The van der Waals surface area contributed by atoms with Crippen molar-refractivity contribution in [2.45, 2.75) is 44.9 Å². The SMILES string of the molecule is CCCCSC(C)NC(=O)CCOCCOCCOCCC(=O)O. The number of hydrogen-bond acceptors (Lipinski definition) is 6. The van der Waals surface area contributed by atoms with Gasteiger partial charge in [0.05, 0.1) is 51.4 Å². The first-order valence-electron chi connectivity index (χ1n) is 8.42. The molecule has 0 saturated carbocycles. The minimum atomic E-state index is -0.873. The first kappa shape index (κ1) is 23.2. The third-order valence-corrected chi connectivity index (χ3v) is 4.05. The third-order valence-electron chi connectivity index (χ3n) is 2.91. The van der Waals surface area contributed by atoms with Crippen molar-refractivity contribution in [3.05, 3.63) is 0 Å². The summed E-state index contributed by atoms with van der Waals surface area (Å²) in [6.45, 7) is 6.31. The molecule has 1 unspecified atom stereocenters. The van der Waals surface area contributed by atoms with Gasteiger partial charge < -0.3 is 24.6 Å². The molecule has 1 atom stereocenters. The van der Waals surface area contributed by atoms with Crippen molar-refractivity contribution in [3.63, 3.8) is 0 Å². The second kappa shape index (κ2) is 17.0. The summed E-state index contributed by atoms with van der Waals surface area (Å²) in [5, 5.41) is 11.5. The van der Waals surface area contributed by atoms with Crippen LogP contribution in [0.15, 0.2) is 0 Å². The van der Waals surface area contributed by atoms with Crippen molar-refractivity contribution >= 4 is 23.6 Å². The highest BCUT2D eigenvalue weighted by atomic mass is 32.2. The van der Waals surface area contributed by atoms with E-state index in [1.165, 1.54) is 6.42 Å². The fourth-order valence-electron chi connectivity index (χ4n) is 1.61. The van der Waals surface area contributed by atoms with E-state index in [1.807, 2.05) is 6.92 Å². The zero-order chi connectivity index (χ0) is 18.0. The summed E-state index contributed by atoms with van der Waals surface area (Å²) < 4.78 is 15.7. The largest absolute Gasteiger partial charge is 0.481 e. The third kappa shape index (κ3) is 17.5. The van der Waals surface area contributed by atoms with Crippen LogP contribution in [0.2, 0.25) is 0 Å². The van der Waals surface area contributed by atoms with Gasteiger partial charge in [-0.2, -0.15) is 0 Å². The number of thioether (sulfide) groups is 1. The van der Waals surface area contributed by atoms with Crippen LogP contribution in [-0.4, -0.2) is 67.8 Å². The molecule has 8 heteroatoms. The van der Waals surface area contributed by atoms with Crippen molar-refractivity contribution in [3.8, 4) is 0 Å². The van der Waals surface area contributed by atoms with E-state index in [2.05, 4.69) is 12.2 Å². The second-order valence-electron chi connectivity index (χ2n) is 5.16. The Morgan fingerprint density at radius 3 is 2.08 bits per heavy atom. The zero-order valence-corrected chi connectivity index (χ0v) is 15.6. The van der Waals surface area contributed by atoms with Crippen molar-refractivity contribution < 1.29 is 28.9 Å². The van der Waals surface area contributed by atoms with Crippen molar-refractivity contribution in [2.24, 2.45) is 0 Å². The summed E-state index contributed by atoms with van der Waals surface area (Å²) in [7, 11) is 0. The lowest BCUT2D eigenvalue weighted by Crippen LogP contribution is -2.31. The molecule has 0 aliphatic carbocycles. The molecule has 0 aliphatic rings. The molecule has 0 bridgehead atoms. The van der Waals surface area contributed by atoms with Crippen LogP contribution in [0.5, 0.6) is 0 Å². The number of unbranched alkanes of at least 4 members (excludes halogenated alkanes) is 1. The van der Waals surface area contributed by atoms with Crippen LogP contribution in [0.3, 0.4) is 0 Å². The molecule has 0 spiro atoms. The summed E-state index contributed by atoms with van der Waals surface area (Å²) in [6.07, 6.45) is 2.68. The first-order valence-corrected chi connectivity index (χ1v) is 9.47. The van der Waals surface area contributed by atoms with Gasteiger partial charge in [-0.15, -0.1) is 11.8 Å². The number of aliphatic carboxylic acids is 1. The predicted molar refractivity (Wildman–Crippen MR) is 94.3 cm³/mol. The minimum Gasteiger partial charge on any atom is -0.481 e. The van der Waals surface area contributed by atoms with E-state index >= 15 is 0 Å². The summed E-state index contributed by atoms with van der Waals surface area (Å²) in [4.78, 5) is 21.9. The molecule has 24 heavy (non-hydrogen) atoms. The molecule has 0 aromatic heterocycles. The fourth-order valence-corrected chi connectivity index (χ4v) is 2.63. The fraction of sp³-hybridized carbons (Fsp3) is 0.875. The number of rotatable bonds is 17. The summed E-state index contributed by atoms with van der Waals surface area (Å²) >= 11 is 1.75. The average molecular weight is 365 g/mol. The van der Waals surface area contributed by atoms with E-state index in [0.29, 0.717) is 39.5 Å². The number of amides is 1. The number of hydrogen-bond donors (Lipinski definition) is 2. The van der Waals surface area contributed by atoms with Gasteiger partial charge >= 0.3 is 5.97 Å². The normalized spacial score (nSPS) is 12.1. The Morgan fingerprint density at radius 1 is 1.00 bits per heavy atom. The Morgan fingerprint density at radius 2 is 1.54 bits per heavy atom. The van der Waals surface area contributed by atoms with E-state index in [0.717, 1.165) is 12.2 Å². The van der Waals surface area contributed by atoms with E-state index in [1.54, 1.807) is 11.8 Å². The van der Waals surface area contributed by atoms with Crippen LogP contribution >= 0.6 is 11.8 Å². The van der Waals surface area contributed by atoms with Crippen LogP contribution in [0.4, 0.5) is 0 Å². The summed E-state index contributed by atoms with van der Waals surface area (Å²) in [5.74, 6) is 0.188. The molecule has 7 nitrogen and oxygen atoms in total. The number of carboxylic acid groups (broad SMARTS) is 1. The maximum Gasteiger partial charge on any atom is 0.305 e. The molecule has 0 radical (unpaired) electrons. The average Bonchev–Trinajstić information content (AvgIpc) is 2.52. The Kier molecular flexibility index (Phi) is 16.4. The van der Waals surface area contributed by atoms with Crippen LogP contribution in [0.1, 0.15) is 39.5 Å². The van der Waals surface area contributed by atoms with Gasteiger partial charge in [0.25, 0.3) is 0 Å². The van der Waals surface area contributed by atoms with E-state index in [4.69, 9.17) is 19.3 Å². The molecule has 0 aromatic rings. The van der Waals surface area contributed by atoms with Gasteiger partial charge in [0.15, 0.2) is 0 Å². The number of ether oxygens (including phenoxy) is 3. The number of carbonyl (C=O) groups is 2. The number of nitrogens with one attached hydrogen (secondary N) is 1. The predicted octanol–water partition coefficient (Wildman–Crippen LogP) is 1.90. The lowest BCUT2D eigenvalue weighted by Gasteiger charge is -2.13. The topological polar surface area (TPSA) is 94.1 Å². The van der Waals surface area contributed by atoms with Gasteiger partial charge in [-0.25, -0.2) is 0 Å². The minimum absolute atomic E-state index is 0.000697. The Balaban J connectivity index is 3.28. The Hall–Kier alpha value is -0.830. The lowest BCUT2D eigenvalue weighted by atomic mass is 10.4. The van der Waals surface area contributed by atoms with E-state index < -0.39 is 5.97 Å². The molecular weight excluding hydrogens is 334 g/mol. The maximum absolute atomic E-state index is 11.7. The summed E-state index contributed by atoms with van der Waals surface area (Å²) in [5.41, 5.74) is 0. The number of carbonyl (C=O) groups excluding carboxylic acids is 1. The van der Waals surface area contributed by atoms with Crippen LogP contribution in [-0.2, 0) is 23.8 Å². The van der Waals surface area contributed by atoms with Gasteiger partial charge in [-0.1, -0.05) is 13.3 Å². The molecule has 0 fully saturated rings. The Bertz CT molecular complexity index is 330. The molecule has 0 aliphatic heterocycles. The highest BCUT2D eigenvalue weighted by Crippen LogP contribution is 2.10. The molecule has 1 amide bonds. The van der Waals surface area contributed by atoms with Gasteiger partial charge in [0.1, 0.15) is 0 Å². The lowest BCUT2D eigenvalue weighted by molar-refractivity contribution is -0.138. The van der Waals surface area contributed by atoms with Crippen molar-refractivity contribution in [1.29, 1.82) is 0 Å². The van der Waals surface area contributed by atoms with E-state index in [-0.39, 0.29) is 24.3 Å². The van der Waals surface area contributed by atoms with Gasteiger partial charge in [-0.3, -0.25) is 9.59 Å². The second-order valence-corrected chi connectivity index (χ2v) is 6.61. The Labute approximate surface area is 148 Å². The molecule has 0 heterocycles. The van der Waals surface area contributed by atoms with Gasteiger partial charge in [0, 0.05) is 6.42 Å². The molecule has 2 N–H and O–H groups in total. The van der Waals surface area contributed by atoms with Gasteiger partial charge in [-0.05, 0) is 19.1 Å². The monoisotopic (exact) mass is 365 g/mol. The number of carboxylic acids is 1. The van der Waals surface area contributed by atoms with Gasteiger partial charge in [0.2, 0.25) is 5.91 Å². The van der Waals surface area contributed by atoms with Crippen molar-refractivity contribution in [2.75, 3.05) is 45.4 Å². The highest BCUT2D eigenvalue weighted by molar-refractivity contribution is 7.99. The zero-order valence-electron chi connectivity index (χ0n) is 14.8. The van der Waals surface area contributed by atoms with Crippen LogP contribution < -0.4 is 5.32 Å².